The first kappa shape index (κ1) is 10.9. The second-order valence-electron chi connectivity index (χ2n) is 3.49. The summed E-state index contributed by atoms with van der Waals surface area (Å²) in [7, 11) is 0. The van der Waals surface area contributed by atoms with Gasteiger partial charge in [0.1, 0.15) is 5.69 Å². The van der Waals surface area contributed by atoms with Crippen molar-refractivity contribution < 1.29 is 8.78 Å². The summed E-state index contributed by atoms with van der Waals surface area (Å²) in [6, 6.07) is 6.91. The van der Waals surface area contributed by atoms with Crippen LogP contribution < -0.4 is 5.73 Å². The van der Waals surface area contributed by atoms with Gasteiger partial charge in [0.2, 0.25) is 0 Å². The lowest BCUT2D eigenvalue weighted by Gasteiger charge is -2.14. The fourth-order valence-corrected chi connectivity index (χ4v) is 1.44. The summed E-state index contributed by atoms with van der Waals surface area (Å²) in [6.45, 7) is -0.0818. The number of nitrogens with zero attached hydrogens (tertiary/aromatic N) is 2. The van der Waals surface area contributed by atoms with Crippen molar-refractivity contribution in [2.45, 2.75) is 12.3 Å². The minimum Gasteiger partial charge on any atom is -0.330 e. The van der Waals surface area contributed by atoms with Gasteiger partial charge in [0.05, 0.1) is 17.2 Å². The summed E-state index contributed by atoms with van der Waals surface area (Å²) in [6.07, 6.45) is 0.692. The van der Waals surface area contributed by atoms with Crippen molar-refractivity contribution in [3.63, 3.8) is 0 Å². The maximum Gasteiger partial charge on any atom is 0.292 e. The molecule has 0 unspecified atom stereocenters. The van der Waals surface area contributed by atoms with Crippen molar-refractivity contribution in [3.05, 3.63) is 36.2 Å². The number of nitrogens with two attached hydrogens (primary N) is 1. The zero-order chi connectivity index (χ0) is 11.6. The molecule has 16 heavy (non-hydrogen) atoms. The minimum absolute atomic E-state index is 0.0818. The van der Waals surface area contributed by atoms with E-state index in [2.05, 4.69) is 9.97 Å². The summed E-state index contributed by atoms with van der Waals surface area (Å²) in [5.74, 6) is -3.01. The third kappa shape index (κ3) is 1.99. The van der Waals surface area contributed by atoms with Gasteiger partial charge in [-0.3, -0.25) is 4.98 Å². The first-order valence-electron chi connectivity index (χ1n) is 4.93. The Morgan fingerprint density at radius 1 is 1.19 bits per heavy atom. The number of fused-ring (bicyclic) bond motifs is 1. The largest absolute Gasteiger partial charge is 0.330 e. The average molecular weight is 223 g/mol. The molecule has 2 N–H and O–H groups in total. The third-order valence-corrected chi connectivity index (χ3v) is 2.28. The number of para-hydroxylation sites is 2. The van der Waals surface area contributed by atoms with Gasteiger partial charge in [0.25, 0.3) is 5.92 Å². The van der Waals surface area contributed by atoms with Crippen LogP contribution >= 0.6 is 0 Å². The molecule has 0 saturated heterocycles. The lowest BCUT2D eigenvalue weighted by molar-refractivity contribution is -0.0151. The Morgan fingerprint density at radius 3 is 2.56 bits per heavy atom. The van der Waals surface area contributed by atoms with Crippen LogP contribution in [0, 0.1) is 0 Å². The molecule has 84 valence electrons. The van der Waals surface area contributed by atoms with E-state index in [4.69, 9.17) is 5.73 Å². The quantitative estimate of drug-likeness (QED) is 0.866. The molecule has 0 aliphatic heterocycles. The SMILES string of the molecule is NCCC(F)(F)c1cnc2ccccc2n1. The fourth-order valence-electron chi connectivity index (χ4n) is 1.44. The summed E-state index contributed by atoms with van der Waals surface area (Å²) in [5.41, 5.74) is 5.89. The standard InChI is InChI=1S/C11H11F2N3/c12-11(13,5-6-14)10-7-15-8-3-1-2-4-9(8)16-10/h1-4,7H,5-6,14H2. The van der Waals surface area contributed by atoms with Gasteiger partial charge in [-0.15, -0.1) is 0 Å². The molecule has 0 bridgehead atoms. The van der Waals surface area contributed by atoms with Gasteiger partial charge >= 0.3 is 0 Å². The van der Waals surface area contributed by atoms with Crippen LogP contribution in [0.15, 0.2) is 30.5 Å². The van der Waals surface area contributed by atoms with Gasteiger partial charge in [-0.05, 0) is 18.7 Å². The first-order chi connectivity index (χ1) is 7.63. The number of hydrogen-bond acceptors (Lipinski definition) is 3. The van der Waals surface area contributed by atoms with E-state index in [9.17, 15) is 8.78 Å². The predicted octanol–water partition coefficient (Wildman–Crippen LogP) is 2.07. The summed E-state index contributed by atoms with van der Waals surface area (Å²) >= 11 is 0. The van der Waals surface area contributed by atoms with E-state index < -0.39 is 12.3 Å². The van der Waals surface area contributed by atoms with Crippen molar-refractivity contribution in [1.82, 2.24) is 9.97 Å². The van der Waals surface area contributed by atoms with Gasteiger partial charge < -0.3 is 5.73 Å². The van der Waals surface area contributed by atoms with E-state index in [-0.39, 0.29) is 12.2 Å². The first-order valence-corrected chi connectivity index (χ1v) is 4.93. The molecule has 0 saturated carbocycles. The fraction of sp³-hybridized carbons (Fsp3) is 0.273. The van der Waals surface area contributed by atoms with E-state index in [1.165, 1.54) is 0 Å². The lowest BCUT2D eigenvalue weighted by atomic mass is 10.1. The van der Waals surface area contributed by atoms with Gasteiger partial charge in [-0.2, -0.15) is 8.78 Å². The number of hydrogen-bond donors (Lipinski definition) is 1. The van der Waals surface area contributed by atoms with E-state index in [0.29, 0.717) is 11.0 Å². The van der Waals surface area contributed by atoms with Crippen LogP contribution in [0.1, 0.15) is 12.1 Å². The maximum absolute atomic E-state index is 13.5. The highest BCUT2D eigenvalue weighted by molar-refractivity contribution is 5.73. The molecule has 0 aliphatic carbocycles. The van der Waals surface area contributed by atoms with Crippen LogP contribution in [0.3, 0.4) is 0 Å². The van der Waals surface area contributed by atoms with Gasteiger partial charge in [0, 0.05) is 6.42 Å². The summed E-state index contributed by atoms with van der Waals surface area (Å²) in [4.78, 5) is 7.84. The molecule has 2 aromatic rings. The molecule has 3 nitrogen and oxygen atoms in total. The van der Waals surface area contributed by atoms with Gasteiger partial charge in [-0.1, -0.05) is 12.1 Å². The zero-order valence-corrected chi connectivity index (χ0v) is 8.53. The van der Waals surface area contributed by atoms with Crippen LogP contribution in [0.25, 0.3) is 11.0 Å². The molecule has 0 spiro atoms. The highest BCUT2D eigenvalue weighted by Crippen LogP contribution is 2.29. The van der Waals surface area contributed by atoms with E-state index in [0.717, 1.165) is 6.20 Å². The molecule has 0 amide bonds. The van der Waals surface area contributed by atoms with Gasteiger partial charge in [-0.25, -0.2) is 4.98 Å². The van der Waals surface area contributed by atoms with E-state index in [1.54, 1.807) is 24.3 Å². The van der Waals surface area contributed by atoms with Crippen LogP contribution in [-0.4, -0.2) is 16.5 Å². The van der Waals surface area contributed by atoms with Crippen LogP contribution in [0.5, 0.6) is 0 Å². The number of halogens is 2. The Morgan fingerprint density at radius 2 is 1.88 bits per heavy atom. The molecule has 5 heteroatoms. The van der Waals surface area contributed by atoms with Gasteiger partial charge in [0.15, 0.2) is 0 Å². The Balaban J connectivity index is 2.46. The summed E-state index contributed by atoms with van der Waals surface area (Å²) < 4.78 is 27.0. The third-order valence-electron chi connectivity index (χ3n) is 2.28. The number of aromatic nitrogens is 2. The van der Waals surface area contributed by atoms with Crippen molar-refractivity contribution in [1.29, 1.82) is 0 Å². The Hall–Kier alpha value is -1.62. The Labute approximate surface area is 91.3 Å². The average Bonchev–Trinajstić information content (AvgIpc) is 2.28. The highest BCUT2D eigenvalue weighted by Gasteiger charge is 2.32. The predicted molar refractivity (Wildman–Crippen MR) is 57.1 cm³/mol. The molecule has 0 fully saturated rings. The lowest BCUT2D eigenvalue weighted by Crippen LogP contribution is -2.20. The van der Waals surface area contributed by atoms with Crippen LogP contribution in [-0.2, 0) is 5.92 Å². The number of benzene rings is 1. The van der Waals surface area contributed by atoms with Crippen LogP contribution in [0.4, 0.5) is 8.78 Å². The second-order valence-corrected chi connectivity index (χ2v) is 3.49. The zero-order valence-electron chi connectivity index (χ0n) is 8.53. The second kappa shape index (κ2) is 4.09. The molecule has 0 atom stereocenters. The van der Waals surface area contributed by atoms with E-state index >= 15 is 0 Å². The molecule has 1 aromatic carbocycles. The molecule has 0 radical (unpaired) electrons. The smallest absolute Gasteiger partial charge is 0.292 e. The van der Waals surface area contributed by atoms with Crippen molar-refractivity contribution in [3.8, 4) is 0 Å². The monoisotopic (exact) mass is 223 g/mol. The molecule has 1 aromatic heterocycles. The van der Waals surface area contributed by atoms with Crippen molar-refractivity contribution in [2.75, 3.05) is 6.54 Å². The molecular formula is C11H11F2N3. The Bertz CT molecular complexity index is 499. The minimum atomic E-state index is -3.01. The Kier molecular flexibility index (Phi) is 2.78. The normalized spacial score (nSPS) is 11.9. The van der Waals surface area contributed by atoms with Crippen molar-refractivity contribution in [2.24, 2.45) is 5.73 Å². The molecular weight excluding hydrogens is 212 g/mol. The molecule has 0 aliphatic rings. The maximum atomic E-state index is 13.5. The highest BCUT2D eigenvalue weighted by atomic mass is 19.3. The number of rotatable bonds is 3. The molecule has 2 rings (SSSR count). The van der Waals surface area contributed by atoms with Crippen molar-refractivity contribution >= 4 is 11.0 Å². The van der Waals surface area contributed by atoms with E-state index in [1.807, 2.05) is 0 Å². The molecule has 1 heterocycles. The van der Waals surface area contributed by atoms with Crippen LogP contribution in [0.2, 0.25) is 0 Å². The number of alkyl halides is 2. The summed E-state index contributed by atoms with van der Waals surface area (Å²) in [5, 5.41) is 0. The topological polar surface area (TPSA) is 51.8 Å².